The zero-order chi connectivity index (χ0) is 19.8. The number of carboxylic acid groups (broad SMARTS) is 1. The minimum Gasteiger partial charge on any atom is -0.478 e. The van der Waals surface area contributed by atoms with Crippen LogP contribution in [0.2, 0.25) is 0 Å². The van der Waals surface area contributed by atoms with E-state index in [1.165, 1.54) is 22.8 Å². The van der Waals surface area contributed by atoms with Crippen LogP contribution in [0.5, 0.6) is 0 Å². The monoisotopic (exact) mass is 378 g/mol. The molecule has 2 N–H and O–H groups in total. The van der Waals surface area contributed by atoms with Crippen LogP contribution in [0, 0.1) is 0 Å². The van der Waals surface area contributed by atoms with Crippen LogP contribution in [0.3, 0.4) is 0 Å². The van der Waals surface area contributed by atoms with E-state index < -0.39 is 17.2 Å². The van der Waals surface area contributed by atoms with Gasteiger partial charge in [0.2, 0.25) is 5.82 Å². The van der Waals surface area contributed by atoms with Crippen LogP contribution in [0.4, 0.5) is 0 Å². The highest BCUT2D eigenvalue weighted by Crippen LogP contribution is 2.15. The number of aryl methyl sites for hydroxylation is 1. The van der Waals surface area contributed by atoms with Gasteiger partial charge >= 0.3 is 11.7 Å². The van der Waals surface area contributed by atoms with Crippen molar-refractivity contribution in [1.82, 2.24) is 29.8 Å². The first-order chi connectivity index (χ1) is 13.5. The number of aromatic nitrogens is 6. The molecule has 0 unspecified atom stereocenters. The topological polar surface area (TPSA) is 136 Å². The number of aromatic amines is 1. The SMILES string of the molecule is Cn1c(=O)n(Cc2ccc(-c3nn[nH]n3)cc2)c(=O)c2cc(C(=O)O)ccc21. The molecule has 0 bridgehead atoms. The molecule has 4 rings (SSSR count). The summed E-state index contributed by atoms with van der Waals surface area (Å²) in [6.45, 7) is 0.0469. The van der Waals surface area contributed by atoms with Gasteiger partial charge in [-0.25, -0.2) is 9.59 Å². The van der Waals surface area contributed by atoms with Crippen LogP contribution in [-0.2, 0) is 13.6 Å². The molecule has 0 radical (unpaired) electrons. The predicted octanol–water partition coefficient (Wildman–Crippen LogP) is 0.627. The van der Waals surface area contributed by atoms with Gasteiger partial charge in [-0.15, -0.1) is 10.2 Å². The molecule has 0 spiro atoms. The number of aromatic carboxylic acids is 1. The summed E-state index contributed by atoms with van der Waals surface area (Å²) in [5.41, 5.74) is 0.803. The summed E-state index contributed by atoms with van der Waals surface area (Å²) in [4.78, 5) is 36.7. The molecular formula is C18H14N6O4. The molecular weight excluding hydrogens is 364 g/mol. The smallest absolute Gasteiger partial charge is 0.335 e. The van der Waals surface area contributed by atoms with E-state index in [0.717, 1.165) is 15.7 Å². The van der Waals surface area contributed by atoms with Crippen LogP contribution < -0.4 is 11.2 Å². The molecule has 0 aliphatic carbocycles. The third-order valence-electron chi connectivity index (χ3n) is 4.50. The molecule has 0 saturated heterocycles. The first-order valence-electron chi connectivity index (χ1n) is 8.25. The molecule has 28 heavy (non-hydrogen) atoms. The number of benzene rings is 2. The molecule has 10 heteroatoms. The molecule has 0 saturated carbocycles. The number of hydrogen-bond donors (Lipinski definition) is 2. The van der Waals surface area contributed by atoms with Crippen molar-refractivity contribution in [3.63, 3.8) is 0 Å². The zero-order valence-electron chi connectivity index (χ0n) is 14.7. The zero-order valence-corrected chi connectivity index (χ0v) is 14.7. The standard InChI is InChI=1S/C18H14N6O4/c1-23-14-7-6-12(17(26)27)8-13(14)16(25)24(18(23)28)9-10-2-4-11(5-3-10)15-19-21-22-20-15/h2-8H,9H2,1H3,(H,26,27)(H,19,20,21,22). The summed E-state index contributed by atoms with van der Waals surface area (Å²) in [6, 6.07) is 11.2. The van der Waals surface area contributed by atoms with Gasteiger partial charge in [0.15, 0.2) is 0 Å². The molecule has 0 amide bonds. The number of tetrazole rings is 1. The summed E-state index contributed by atoms with van der Waals surface area (Å²) >= 11 is 0. The Morgan fingerprint density at radius 2 is 1.89 bits per heavy atom. The van der Waals surface area contributed by atoms with Gasteiger partial charge < -0.3 is 5.11 Å². The van der Waals surface area contributed by atoms with Crippen LogP contribution >= 0.6 is 0 Å². The van der Waals surface area contributed by atoms with E-state index in [4.69, 9.17) is 0 Å². The van der Waals surface area contributed by atoms with Gasteiger partial charge in [0, 0.05) is 12.6 Å². The number of fused-ring (bicyclic) bond motifs is 1. The molecule has 2 heterocycles. The van der Waals surface area contributed by atoms with E-state index in [-0.39, 0.29) is 17.5 Å². The average molecular weight is 378 g/mol. The lowest BCUT2D eigenvalue weighted by Crippen LogP contribution is -2.39. The molecule has 4 aromatic rings. The maximum absolute atomic E-state index is 12.9. The van der Waals surface area contributed by atoms with Crippen molar-refractivity contribution in [2.45, 2.75) is 6.54 Å². The number of hydrogen-bond acceptors (Lipinski definition) is 6. The first kappa shape index (κ1) is 17.3. The number of nitrogens with one attached hydrogen (secondary N) is 1. The average Bonchev–Trinajstić information content (AvgIpc) is 3.24. The maximum atomic E-state index is 12.9. The second-order valence-corrected chi connectivity index (χ2v) is 6.20. The fraction of sp³-hybridized carbons (Fsp3) is 0.111. The summed E-state index contributed by atoms with van der Waals surface area (Å²) in [5, 5.41) is 23.0. The fourth-order valence-electron chi connectivity index (χ4n) is 3.01. The molecule has 140 valence electrons. The number of carboxylic acids is 1. The van der Waals surface area contributed by atoms with Crippen molar-refractivity contribution in [3.05, 3.63) is 74.4 Å². The first-order valence-corrected chi connectivity index (χ1v) is 8.25. The van der Waals surface area contributed by atoms with Crippen molar-refractivity contribution < 1.29 is 9.90 Å². The Labute approximate surface area is 156 Å². The van der Waals surface area contributed by atoms with Gasteiger partial charge in [-0.05, 0) is 29.0 Å². The van der Waals surface area contributed by atoms with E-state index in [0.29, 0.717) is 11.3 Å². The minimum atomic E-state index is -1.14. The summed E-state index contributed by atoms with van der Waals surface area (Å²) in [6.07, 6.45) is 0. The molecule has 0 atom stereocenters. The third-order valence-corrected chi connectivity index (χ3v) is 4.50. The van der Waals surface area contributed by atoms with Gasteiger partial charge in [0.25, 0.3) is 5.56 Å². The Morgan fingerprint density at radius 1 is 1.14 bits per heavy atom. The highest BCUT2D eigenvalue weighted by atomic mass is 16.4. The lowest BCUT2D eigenvalue weighted by atomic mass is 10.1. The largest absolute Gasteiger partial charge is 0.478 e. The fourth-order valence-corrected chi connectivity index (χ4v) is 3.01. The highest BCUT2D eigenvalue weighted by molar-refractivity contribution is 5.93. The van der Waals surface area contributed by atoms with Gasteiger partial charge in [0.1, 0.15) is 0 Å². The Hall–Kier alpha value is -4.08. The lowest BCUT2D eigenvalue weighted by Gasteiger charge is -2.11. The van der Waals surface area contributed by atoms with Gasteiger partial charge in [-0.2, -0.15) is 5.21 Å². The van der Waals surface area contributed by atoms with Gasteiger partial charge in [0.05, 0.1) is 23.0 Å². The lowest BCUT2D eigenvalue weighted by molar-refractivity contribution is 0.0697. The van der Waals surface area contributed by atoms with E-state index in [2.05, 4.69) is 20.6 Å². The van der Waals surface area contributed by atoms with Gasteiger partial charge in [-0.3, -0.25) is 13.9 Å². The van der Waals surface area contributed by atoms with Gasteiger partial charge in [-0.1, -0.05) is 24.3 Å². The Morgan fingerprint density at radius 3 is 2.54 bits per heavy atom. The van der Waals surface area contributed by atoms with Crippen LogP contribution in [-0.4, -0.2) is 40.8 Å². The van der Waals surface area contributed by atoms with Crippen LogP contribution in [0.25, 0.3) is 22.3 Å². The Kier molecular flexibility index (Phi) is 4.07. The van der Waals surface area contributed by atoms with Crippen molar-refractivity contribution >= 4 is 16.9 Å². The molecule has 0 aliphatic heterocycles. The highest BCUT2D eigenvalue weighted by Gasteiger charge is 2.14. The van der Waals surface area contributed by atoms with Crippen molar-refractivity contribution in [2.24, 2.45) is 7.05 Å². The Balaban J connectivity index is 1.79. The normalized spacial score (nSPS) is 11.0. The molecule has 10 nitrogen and oxygen atoms in total. The predicted molar refractivity (Wildman–Crippen MR) is 99.1 cm³/mol. The van der Waals surface area contributed by atoms with Crippen LogP contribution in [0.15, 0.2) is 52.1 Å². The Bertz CT molecular complexity index is 1300. The van der Waals surface area contributed by atoms with Crippen LogP contribution in [0.1, 0.15) is 15.9 Å². The van der Waals surface area contributed by atoms with Crippen molar-refractivity contribution in [3.8, 4) is 11.4 Å². The number of carbonyl (C=O) groups is 1. The van der Waals surface area contributed by atoms with E-state index in [9.17, 15) is 19.5 Å². The molecule has 0 aliphatic rings. The minimum absolute atomic E-state index is 0.0146. The molecule has 2 aromatic heterocycles. The third kappa shape index (κ3) is 2.86. The number of H-pyrrole nitrogens is 1. The van der Waals surface area contributed by atoms with Crippen molar-refractivity contribution in [2.75, 3.05) is 0 Å². The molecule has 2 aromatic carbocycles. The second-order valence-electron chi connectivity index (χ2n) is 6.20. The number of nitrogens with zero attached hydrogens (tertiary/aromatic N) is 5. The number of rotatable bonds is 4. The van der Waals surface area contributed by atoms with E-state index >= 15 is 0 Å². The quantitative estimate of drug-likeness (QED) is 0.531. The van der Waals surface area contributed by atoms with E-state index in [1.54, 1.807) is 31.3 Å². The molecule has 0 fully saturated rings. The maximum Gasteiger partial charge on any atom is 0.335 e. The second kappa shape index (κ2) is 6.58. The van der Waals surface area contributed by atoms with Crippen molar-refractivity contribution in [1.29, 1.82) is 0 Å². The summed E-state index contributed by atoms with van der Waals surface area (Å²) in [5.74, 6) is -0.703. The van der Waals surface area contributed by atoms with E-state index in [1.807, 2.05) is 0 Å². The summed E-state index contributed by atoms with van der Waals surface area (Å²) < 4.78 is 2.41. The summed E-state index contributed by atoms with van der Waals surface area (Å²) in [7, 11) is 1.54.